The van der Waals surface area contributed by atoms with E-state index in [1.165, 1.54) is 12.5 Å². The van der Waals surface area contributed by atoms with Crippen LogP contribution in [-0.2, 0) is 16.0 Å². The first-order valence-corrected chi connectivity index (χ1v) is 8.47. The summed E-state index contributed by atoms with van der Waals surface area (Å²) in [5, 5.41) is 5.65. The molecule has 0 aliphatic rings. The van der Waals surface area contributed by atoms with Gasteiger partial charge in [0, 0.05) is 13.0 Å². The van der Waals surface area contributed by atoms with Crippen molar-refractivity contribution < 1.29 is 9.59 Å². The van der Waals surface area contributed by atoms with Crippen LogP contribution < -0.4 is 10.6 Å². The summed E-state index contributed by atoms with van der Waals surface area (Å²) in [6, 6.07) is 19.5. The van der Waals surface area contributed by atoms with Crippen LogP contribution in [0.3, 0.4) is 0 Å². The molecule has 4 nitrogen and oxygen atoms in total. The van der Waals surface area contributed by atoms with Gasteiger partial charge in [-0.05, 0) is 30.0 Å². The quantitative estimate of drug-likeness (QED) is 0.762. The van der Waals surface area contributed by atoms with Crippen LogP contribution in [0.1, 0.15) is 31.4 Å². The number of nitrogens with one attached hydrogen (secondary N) is 2. The summed E-state index contributed by atoms with van der Waals surface area (Å²) >= 11 is 0. The van der Waals surface area contributed by atoms with E-state index in [0.29, 0.717) is 0 Å². The average molecular weight is 336 g/mol. The topological polar surface area (TPSA) is 58.2 Å². The Kier molecular flexibility index (Phi) is 6.96. The van der Waals surface area contributed by atoms with Gasteiger partial charge in [-0.2, -0.15) is 0 Å². The maximum atomic E-state index is 12.6. The van der Waals surface area contributed by atoms with E-state index in [1.807, 2.05) is 67.6 Å². The van der Waals surface area contributed by atoms with Crippen molar-refractivity contribution in [3.05, 3.63) is 77.5 Å². The highest BCUT2D eigenvalue weighted by atomic mass is 16.2. The summed E-state index contributed by atoms with van der Waals surface area (Å²) < 4.78 is 0. The molecule has 0 fully saturated rings. The van der Waals surface area contributed by atoms with Gasteiger partial charge in [0.25, 0.3) is 5.91 Å². The molecule has 2 rings (SSSR count). The van der Waals surface area contributed by atoms with Crippen molar-refractivity contribution >= 4 is 17.9 Å². The molecule has 0 aliphatic heterocycles. The lowest BCUT2D eigenvalue weighted by molar-refractivity contribution is -0.122. The zero-order valence-corrected chi connectivity index (χ0v) is 14.7. The SMILES string of the molecule is CCC(Cc1ccccc1)NC(=O)/C(=C/c1ccccc1)NC(C)=O. The van der Waals surface area contributed by atoms with Gasteiger partial charge in [0.1, 0.15) is 5.70 Å². The fourth-order valence-corrected chi connectivity index (χ4v) is 2.52. The Morgan fingerprint density at radius 3 is 2.16 bits per heavy atom. The first kappa shape index (κ1) is 18.5. The lowest BCUT2D eigenvalue weighted by Crippen LogP contribution is -2.40. The van der Waals surface area contributed by atoms with Gasteiger partial charge in [-0.15, -0.1) is 0 Å². The van der Waals surface area contributed by atoms with Gasteiger partial charge < -0.3 is 10.6 Å². The molecule has 25 heavy (non-hydrogen) atoms. The number of carbonyl (C=O) groups excluding carboxylic acids is 2. The van der Waals surface area contributed by atoms with Crippen LogP contribution in [0.2, 0.25) is 0 Å². The van der Waals surface area contributed by atoms with Crippen molar-refractivity contribution in [3.63, 3.8) is 0 Å². The van der Waals surface area contributed by atoms with E-state index >= 15 is 0 Å². The number of hydrogen-bond acceptors (Lipinski definition) is 2. The Labute approximate surface area is 149 Å². The highest BCUT2D eigenvalue weighted by molar-refractivity contribution is 6.01. The molecule has 0 radical (unpaired) electrons. The molecular formula is C21H24N2O2. The fourth-order valence-electron chi connectivity index (χ4n) is 2.52. The largest absolute Gasteiger partial charge is 0.348 e. The van der Waals surface area contributed by atoms with Gasteiger partial charge in [-0.3, -0.25) is 9.59 Å². The Balaban J connectivity index is 2.12. The summed E-state index contributed by atoms with van der Waals surface area (Å²) in [5.41, 5.74) is 2.28. The second-order valence-corrected chi connectivity index (χ2v) is 5.92. The number of carbonyl (C=O) groups is 2. The minimum absolute atomic E-state index is 0.00262. The van der Waals surface area contributed by atoms with Crippen molar-refractivity contribution in [2.75, 3.05) is 0 Å². The number of amides is 2. The smallest absolute Gasteiger partial charge is 0.268 e. The van der Waals surface area contributed by atoms with Crippen molar-refractivity contribution in [2.24, 2.45) is 0 Å². The molecule has 2 aromatic rings. The normalized spacial score (nSPS) is 12.3. The molecular weight excluding hydrogens is 312 g/mol. The van der Waals surface area contributed by atoms with Crippen LogP contribution in [0.25, 0.3) is 6.08 Å². The third kappa shape index (κ3) is 6.26. The molecule has 0 aliphatic carbocycles. The lowest BCUT2D eigenvalue weighted by atomic mass is 10.0. The Hall–Kier alpha value is -2.88. The predicted molar refractivity (Wildman–Crippen MR) is 101 cm³/mol. The molecule has 130 valence electrons. The first-order chi connectivity index (χ1) is 12.1. The van der Waals surface area contributed by atoms with E-state index in [-0.39, 0.29) is 23.6 Å². The monoisotopic (exact) mass is 336 g/mol. The van der Waals surface area contributed by atoms with Gasteiger partial charge in [-0.25, -0.2) is 0 Å². The van der Waals surface area contributed by atoms with E-state index in [4.69, 9.17) is 0 Å². The number of rotatable bonds is 7. The van der Waals surface area contributed by atoms with Crippen LogP contribution in [0.4, 0.5) is 0 Å². The first-order valence-electron chi connectivity index (χ1n) is 8.47. The molecule has 1 atom stereocenters. The van der Waals surface area contributed by atoms with Crippen LogP contribution in [-0.4, -0.2) is 17.9 Å². The van der Waals surface area contributed by atoms with Crippen molar-refractivity contribution in [1.82, 2.24) is 10.6 Å². The summed E-state index contributed by atoms with van der Waals surface area (Å²) in [4.78, 5) is 24.1. The van der Waals surface area contributed by atoms with Gasteiger partial charge in [0.2, 0.25) is 5.91 Å². The van der Waals surface area contributed by atoms with Crippen LogP contribution in [0.5, 0.6) is 0 Å². The van der Waals surface area contributed by atoms with Gasteiger partial charge in [0.15, 0.2) is 0 Å². The highest BCUT2D eigenvalue weighted by Gasteiger charge is 2.16. The van der Waals surface area contributed by atoms with Crippen LogP contribution in [0, 0.1) is 0 Å². The third-order valence-electron chi connectivity index (χ3n) is 3.82. The van der Waals surface area contributed by atoms with E-state index in [0.717, 1.165) is 18.4 Å². The van der Waals surface area contributed by atoms with Crippen LogP contribution in [0.15, 0.2) is 66.4 Å². The standard InChI is InChI=1S/C21H24N2O2/c1-3-19(14-17-10-6-4-7-11-17)23-21(25)20(22-16(2)24)15-18-12-8-5-9-13-18/h4-13,15,19H,3,14H2,1-2H3,(H,22,24)(H,23,25)/b20-15-. The van der Waals surface area contributed by atoms with Crippen molar-refractivity contribution in [2.45, 2.75) is 32.7 Å². The van der Waals surface area contributed by atoms with Crippen LogP contribution >= 0.6 is 0 Å². The molecule has 0 heterocycles. The summed E-state index contributed by atoms with van der Waals surface area (Å²) in [6.07, 6.45) is 3.24. The number of benzene rings is 2. The van der Waals surface area contributed by atoms with E-state index in [1.54, 1.807) is 6.08 Å². The van der Waals surface area contributed by atoms with Gasteiger partial charge in [-0.1, -0.05) is 67.6 Å². The van der Waals surface area contributed by atoms with Crippen molar-refractivity contribution in [3.8, 4) is 0 Å². The van der Waals surface area contributed by atoms with Gasteiger partial charge >= 0.3 is 0 Å². The molecule has 0 bridgehead atoms. The van der Waals surface area contributed by atoms with Crippen molar-refractivity contribution in [1.29, 1.82) is 0 Å². The maximum Gasteiger partial charge on any atom is 0.268 e. The highest BCUT2D eigenvalue weighted by Crippen LogP contribution is 2.09. The van der Waals surface area contributed by atoms with E-state index < -0.39 is 0 Å². The Bertz CT molecular complexity index is 724. The zero-order chi connectivity index (χ0) is 18.1. The van der Waals surface area contributed by atoms with Gasteiger partial charge in [0.05, 0.1) is 0 Å². The Morgan fingerprint density at radius 2 is 1.60 bits per heavy atom. The second-order valence-electron chi connectivity index (χ2n) is 5.92. The molecule has 1 unspecified atom stereocenters. The summed E-state index contributed by atoms with van der Waals surface area (Å²) in [5.74, 6) is -0.546. The number of hydrogen-bond donors (Lipinski definition) is 2. The van der Waals surface area contributed by atoms with E-state index in [2.05, 4.69) is 10.6 Å². The summed E-state index contributed by atoms with van der Waals surface area (Å²) in [7, 11) is 0. The van der Waals surface area contributed by atoms with E-state index in [9.17, 15) is 9.59 Å². The summed E-state index contributed by atoms with van der Waals surface area (Å²) in [6.45, 7) is 3.43. The minimum atomic E-state index is -0.276. The molecule has 0 saturated heterocycles. The molecule has 0 spiro atoms. The average Bonchev–Trinajstić information content (AvgIpc) is 2.62. The molecule has 2 amide bonds. The molecule has 2 N–H and O–H groups in total. The predicted octanol–water partition coefficient (Wildman–Crippen LogP) is 3.30. The molecule has 0 saturated carbocycles. The lowest BCUT2D eigenvalue weighted by Gasteiger charge is -2.18. The maximum absolute atomic E-state index is 12.6. The fraction of sp³-hybridized carbons (Fsp3) is 0.238. The molecule has 4 heteroatoms. The molecule has 2 aromatic carbocycles. The minimum Gasteiger partial charge on any atom is -0.348 e. The molecule has 0 aromatic heterocycles. The third-order valence-corrected chi connectivity index (χ3v) is 3.82. The second kappa shape index (κ2) is 9.42. The Morgan fingerprint density at radius 1 is 1.00 bits per heavy atom. The zero-order valence-electron chi connectivity index (χ0n) is 14.7.